The molecule has 0 aromatic heterocycles. The third kappa shape index (κ3) is 1.86. The van der Waals surface area contributed by atoms with Crippen LogP contribution in [-0.2, 0) is 6.54 Å². The highest BCUT2D eigenvalue weighted by molar-refractivity contribution is 6.00. The summed E-state index contributed by atoms with van der Waals surface area (Å²) in [5.41, 5.74) is 3.26. The second-order valence-electron chi connectivity index (χ2n) is 4.91. The van der Waals surface area contributed by atoms with Gasteiger partial charge in [0.15, 0.2) is 0 Å². The molecule has 0 aliphatic carbocycles. The molecule has 2 aliphatic heterocycles. The number of nitrogens with zero attached hydrogens (tertiary/aromatic N) is 2. The Morgan fingerprint density at radius 1 is 1.22 bits per heavy atom. The number of carbonyl (C=O) groups is 1. The van der Waals surface area contributed by atoms with Gasteiger partial charge in [-0.1, -0.05) is 13.0 Å². The van der Waals surface area contributed by atoms with Gasteiger partial charge in [0.05, 0.1) is 0 Å². The van der Waals surface area contributed by atoms with Crippen molar-refractivity contribution in [3.05, 3.63) is 29.3 Å². The van der Waals surface area contributed by atoms with Crippen molar-refractivity contribution in [2.24, 2.45) is 0 Å². The molecular formula is C14H19N3O. The lowest BCUT2D eigenvalue weighted by atomic mass is 10.1. The first-order valence-corrected chi connectivity index (χ1v) is 6.67. The number of benzene rings is 1. The van der Waals surface area contributed by atoms with Crippen LogP contribution < -0.4 is 10.2 Å². The first-order chi connectivity index (χ1) is 8.79. The zero-order valence-corrected chi connectivity index (χ0v) is 10.8. The van der Waals surface area contributed by atoms with Gasteiger partial charge in [0.2, 0.25) is 0 Å². The number of rotatable bonds is 2. The van der Waals surface area contributed by atoms with Crippen LogP contribution in [0, 0.1) is 0 Å². The minimum absolute atomic E-state index is 0.0686. The molecule has 0 radical (unpaired) electrons. The van der Waals surface area contributed by atoms with Gasteiger partial charge >= 0.3 is 0 Å². The fourth-order valence-electron chi connectivity index (χ4n) is 2.84. The maximum absolute atomic E-state index is 11.7. The summed E-state index contributed by atoms with van der Waals surface area (Å²) < 4.78 is 0. The van der Waals surface area contributed by atoms with Crippen molar-refractivity contribution >= 4 is 11.6 Å². The fourth-order valence-corrected chi connectivity index (χ4v) is 2.84. The smallest absolute Gasteiger partial charge is 0.251 e. The Hall–Kier alpha value is -1.55. The molecule has 96 valence electrons. The first kappa shape index (κ1) is 11.5. The van der Waals surface area contributed by atoms with Gasteiger partial charge in [-0.3, -0.25) is 4.79 Å². The molecule has 1 aromatic rings. The molecular weight excluding hydrogens is 226 g/mol. The molecule has 0 saturated carbocycles. The van der Waals surface area contributed by atoms with E-state index >= 15 is 0 Å². The average Bonchev–Trinajstić information content (AvgIpc) is 2.81. The van der Waals surface area contributed by atoms with Crippen molar-refractivity contribution in [1.82, 2.24) is 10.2 Å². The van der Waals surface area contributed by atoms with Gasteiger partial charge in [-0.2, -0.15) is 0 Å². The monoisotopic (exact) mass is 245 g/mol. The van der Waals surface area contributed by atoms with E-state index in [2.05, 4.69) is 28.1 Å². The van der Waals surface area contributed by atoms with Gasteiger partial charge in [0.25, 0.3) is 5.91 Å². The Kier molecular flexibility index (Phi) is 2.96. The Labute approximate surface area is 108 Å². The maximum Gasteiger partial charge on any atom is 0.251 e. The summed E-state index contributed by atoms with van der Waals surface area (Å²) in [5, 5.41) is 2.91. The van der Waals surface area contributed by atoms with Crippen molar-refractivity contribution in [3.8, 4) is 0 Å². The van der Waals surface area contributed by atoms with Crippen molar-refractivity contribution in [2.75, 3.05) is 37.6 Å². The van der Waals surface area contributed by atoms with E-state index in [1.165, 1.54) is 11.3 Å². The van der Waals surface area contributed by atoms with Crippen LogP contribution in [0.1, 0.15) is 22.8 Å². The summed E-state index contributed by atoms with van der Waals surface area (Å²) in [6, 6.07) is 6.05. The number of nitrogens with one attached hydrogen (secondary N) is 1. The second kappa shape index (κ2) is 4.61. The highest BCUT2D eigenvalue weighted by Gasteiger charge is 2.25. The summed E-state index contributed by atoms with van der Waals surface area (Å²) in [6.45, 7) is 8.34. The van der Waals surface area contributed by atoms with E-state index in [4.69, 9.17) is 0 Å². The summed E-state index contributed by atoms with van der Waals surface area (Å²) in [7, 11) is 0. The van der Waals surface area contributed by atoms with Gasteiger partial charge in [0, 0.05) is 49.5 Å². The van der Waals surface area contributed by atoms with Crippen LogP contribution >= 0.6 is 0 Å². The van der Waals surface area contributed by atoms with Gasteiger partial charge in [-0.25, -0.2) is 0 Å². The third-order valence-corrected chi connectivity index (χ3v) is 3.98. The zero-order valence-electron chi connectivity index (χ0n) is 10.8. The minimum atomic E-state index is 0.0686. The van der Waals surface area contributed by atoms with E-state index in [9.17, 15) is 4.79 Å². The van der Waals surface area contributed by atoms with E-state index in [-0.39, 0.29) is 5.91 Å². The highest BCUT2D eigenvalue weighted by Crippen LogP contribution is 2.28. The van der Waals surface area contributed by atoms with E-state index in [0.29, 0.717) is 6.54 Å². The van der Waals surface area contributed by atoms with Crippen LogP contribution in [0.5, 0.6) is 0 Å². The van der Waals surface area contributed by atoms with Crippen LogP contribution in [0.25, 0.3) is 0 Å². The Morgan fingerprint density at radius 3 is 2.72 bits per heavy atom. The molecule has 0 atom stereocenters. The van der Waals surface area contributed by atoms with Crippen LogP contribution in [0.4, 0.5) is 5.69 Å². The third-order valence-electron chi connectivity index (χ3n) is 3.98. The fraction of sp³-hybridized carbons (Fsp3) is 0.500. The number of likely N-dealkylation sites (N-methyl/N-ethyl adjacent to an activating group) is 1. The largest absolute Gasteiger partial charge is 0.369 e. The topological polar surface area (TPSA) is 35.6 Å². The Balaban J connectivity index is 1.84. The van der Waals surface area contributed by atoms with Crippen LogP contribution in [0.3, 0.4) is 0 Å². The van der Waals surface area contributed by atoms with Gasteiger partial charge in [0.1, 0.15) is 0 Å². The molecule has 1 amide bonds. The standard InChI is InChI=1S/C14H19N3O/c1-2-16-6-8-17(9-7-16)13-5-3-4-11-12(13)10-15-14(11)18/h3-5H,2,6-10H2,1H3,(H,15,18). The first-order valence-electron chi connectivity index (χ1n) is 6.67. The number of carbonyl (C=O) groups excluding carboxylic acids is 1. The molecule has 0 bridgehead atoms. The van der Waals surface area contributed by atoms with E-state index < -0.39 is 0 Å². The number of hydrogen-bond acceptors (Lipinski definition) is 3. The molecule has 18 heavy (non-hydrogen) atoms. The molecule has 1 fully saturated rings. The maximum atomic E-state index is 11.7. The second-order valence-corrected chi connectivity index (χ2v) is 4.91. The Bertz CT molecular complexity index is 464. The van der Waals surface area contributed by atoms with E-state index in [1.54, 1.807) is 0 Å². The van der Waals surface area contributed by atoms with Gasteiger partial charge in [-0.15, -0.1) is 0 Å². The SMILES string of the molecule is CCN1CCN(c2cccc3c2CNC3=O)CC1. The van der Waals surface area contributed by atoms with Crippen molar-refractivity contribution in [3.63, 3.8) is 0 Å². The van der Waals surface area contributed by atoms with E-state index in [0.717, 1.165) is 38.3 Å². The van der Waals surface area contributed by atoms with Crippen molar-refractivity contribution < 1.29 is 4.79 Å². The van der Waals surface area contributed by atoms with Crippen molar-refractivity contribution in [1.29, 1.82) is 0 Å². The molecule has 2 heterocycles. The molecule has 4 nitrogen and oxygen atoms in total. The number of fused-ring (bicyclic) bond motifs is 1. The predicted octanol–water partition coefficient (Wildman–Crippen LogP) is 1.07. The lowest BCUT2D eigenvalue weighted by molar-refractivity contribution is 0.0966. The number of piperazine rings is 1. The normalized spacial score (nSPS) is 19.8. The van der Waals surface area contributed by atoms with Gasteiger partial charge < -0.3 is 15.1 Å². The van der Waals surface area contributed by atoms with Crippen LogP contribution in [0.15, 0.2) is 18.2 Å². The quantitative estimate of drug-likeness (QED) is 0.846. The molecule has 3 rings (SSSR count). The Morgan fingerprint density at radius 2 is 2.00 bits per heavy atom. The average molecular weight is 245 g/mol. The lowest BCUT2D eigenvalue weighted by Gasteiger charge is -2.36. The summed E-state index contributed by atoms with van der Waals surface area (Å²) in [4.78, 5) is 16.5. The lowest BCUT2D eigenvalue weighted by Crippen LogP contribution is -2.46. The molecule has 4 heteroatoms. The minimum Gasteiger partial charge on any atom is -0.369 e. The number of amides is 1. The van der Waals surface area contributed by atoms with Gasteiger partial charge in [-0.05, 0) is 18.7 Å². The zero-order chi connectivity index (χ0) is 12.5. The molecule has 1 aromatic carbocycles. The number of hydrogen-bond donors (Lipinski definition) is 1. The summed E-state index contributed by atoms with van der Waals surface area (Å²) in [5.74, 6) is 0.0686. The molecule has 1 saturated heterocycles. The molecule has 0 spiro atoms. The van der Waals surface area contributed by atoms with Crippen LogP contribution in [-0.4, -0.2) is 43.5 Å². The summed E-state index contributed by atoms with van der Waals surface area (Å²) >= 11 is 0. The van der Waals surface area contributed by atoms with Crippen LogP contribution in [0.2, 0.25) is 0 Å². The highest BCUT2D eigenvalue weighted by atomic mass is 16.1. The number of anilines is 1. The molecule has 1 N–H and O–H groups in total. The summed E-state index contributed by atoms with van der Waals surface area (Å²) in [6.07, 6.45) is 0. The predicted molar refractivity (Wildman–Crippen MR) is 71.9 cm³/mol. The van der Waals surface area contributed by atoms with E-state index in [1.807, 2.05) is 12.1 Å². The van der Waals surface area contributed by atoms with Crippen molar-refractivity contribution in [2.45, 2.75) is 13.5 Å². The molecule has 2 aliphatic rings. The molecule has 0 unspecified atom stereocenters.